The summed E-state index contributed by atoms with van der Waals surface area (Å²) in [5.41, 5.74) is 0.798. The number of piperidine rings is 1. The molecule has 1 fully saturated rings. The highest BCUT2D eigenvalue weighted by atomic mass is 32.1. The Balaban J connectivity index is 1.71. The van der Waals surface area contributed by atoms with Crippen molar-refractivity contribution < 1.29 is 4.79 Å². The summed E-state index contributed by atoms with van der Waals surface area (Å²) in [6, 6.07) is 0.164. The van der Waals surface area contributed by atoms with Gasteiger partial charge in [-0.1, -0.05) is 6.42 Å². The first-order valence-electron chi connectivity index (χ1n) is 9.19. The second kappa shape index (κ2) is 6.88. The highest BCUT2D eigenvalue weighted by molar-refractivity contribution is 7.20. The van der Waals surface area contributed by atoms with Gasteiger partial charge in [0.2, 0.25) is 0 Å². The Hall–Kier alpha value is -1.73. The van der Waals surface area contributed by atoms with Crippen LogP contribution in [-0.4, -0.2) is 34.6 Å². The molecule has 2 N–H and O–H groups in total. The zero-order valence-corrected chi connectivity index (χ0v) is 15.4. The average molecular weight is 360 g/mol. The van der Waals surface area contributed by atoms with E-state index in [1.807, 2.05) is 11.5 Å². The second-order valence-corrected chi connectivity index (χ2v) is 8.05. The van der Waals surface area contributed by atoms with E-state index in [0.29, 0.717) is 15.1 Å². The minimum absolute atomic E-state index is 0.0223. The molecule has 1 amide bonds. The predicted octanol–water partition coefficient (Wildman–Crippen LogP) is 1.97. The molecule has 0 spiro atoms. The Morgan fingerprint density at radius 3 is 3.00 bits per heavy atom. The predicted molar refractivity (Wildman–Crippen MR) is 99.5 cm³/mol. The lowest BCUT2D eigenvalue weighted by atomic mass is 10.1. The monoisotopic (exact) mass is 360 g/mol. The first-order chi connectivity index (χ1) is 12.1. The molecule has 7 heteroatoms. The first kappa shape index (κ1) is 16.7. The zero-order valence-electron chi connectivity index (χ0n) is 14.6. The Morgan fingerprint density at radius 1 is 1.32 bits per heavy atom. The van der Waals surface area contributed by atoms with Crippen molar-refractivity contribution in [1.29, 1.82) is 0 Å². The molecule has 0 saturated carbocycles. The van der Waals surface area contributed by atoms with E-state index in [0.717, 1.165) is 69.5 Å². The van der Waals surface area contributed by atoms with E-state index in [2.05, 4.69) is 10.6 Å². The van der Waals surface area contributed by atoms with Gasteiger partial charge in [0.1, 0.15) is 10.7 Å². The van der Waals surface area contributed by atoms with Gasteiger partial charge in [-0.25, -0.2) is 4.98 Å². The number of nitrogens with zero attached hydrogens (tertiary/aromatic N) is 2. The molecule has 1 atom stereocenters. The smallest absolute Gasteiger partial charge is 0.262 e. The molecule has 6 nitrogen and oxygen atoms in total. The van der Waals surface area contributed by atoms with Crippen LogP contribution in [0.5, 0.6) is 0 Å². The third-order valence-corrected chi connectivity index (χ3v) is 6.43. The van der Waals surface area contributed by atoms with Crippen LogP contribution in [0.4, 0.5) is 0 Å². The molecule has 0 aliphatic carbocycles. The number of hydrogen-bond donors (Lipinski definition) is 2. The van der Waals surface area contributed by atoms with E-state index in [9.17, 15) is 9.59 Å². The molecular weight excluding hydrogens is 336 g/mol. The average Bonchev–Trinajstić information content (AvgIpc) is 2.79. The standard InChI is InChI=1S/C18H24N4O2S/c1-11-14-17(21-13-7-3-2-4-9-22(13)18(14)24)25-15(11)16(23)20-12-6-5-8-19-10-12/h12,19H,2-10H2,1H3,(H,20,23)/t12-/m0/s1. The minimum Gasteiger partial charge on any atom is -0.347 e. The van der Waals surface area contributed by atoms with Crippen molar-refractivity contribution in [3.8, 4) is 0 Å². The molecule has 2 aliphatic rings. The van der Waals surface area contributed by atoms with Crippen LogP contribution in [0, 0.1) is 6.92 Å². The lowest BCUT2D eigenvalue weighted by Crippen LogP contribution is -2.45. The first-order valence-corrected chi connectivity index (χ1v) is 10.0. The molecule has 2 aromatic rings. The molecular formula is C18H24N4O2S. The van der Waals surface area contributed by atoms with Crippen LogP contribution in [0.3, 0.4) is 0 Å². The molecule has 2 aromatic heterocycles. The molecule has 25 heavy (non-hydrogen) atoms. The maximum Gasteiger partial charge on any atom is 0.262 e. The fourth-order valence-electron chi connectivity index (χ4n) is 3.85. The number of nitrogens with one attached hydrogen (secondary N) is 2. The lowest BCUT2D eigenvalue weighted by Gasteiger charge is -2.23. The van der Waals surface area contributed by atoms with Gasteiger partial charge in [-0.15, -0.1) is 11.3 Å². The van der Waals surface area contributed by atoms with Gasteiger partial charge in [-0.05, 0) is 44.7 Å². The normalized spacial score (nSPS) is 20.9. The molecule has 1 saturated heterocycles. The summed E-state index contributed by atoms with van der Waals surface area (Å²) in [5.74, 6) is 0.800. The molecule has 4 heterocycles. The summed E-state index contributed by atoms with van der Waals surface area (Å²) in [6.07, 6.45) is 6.15. The van der Waals surface area contributed by atoms with Crippen LogP contribution >= 0.6 is 11.3 Å². The van der Waals surface area contributed by atoms with E-state index >= 15 is 0 Å². The number of fused-ring (bicyclic) bond motifs is 2. The summed E-state index contributed by atoms with van der Waals surface area (Å²) < 4.78 is 1.82. The quantitative estimate of drug-likeness (QED) is 0.859. The number of carbonyl (C=O) groups is 1. The van der Waals surface area contributed by atoms with Crippen LogP contribution in [0.1, 0.15) is 53.2 Å². The van der Waals surface area contributed by atoms with Gasteiger partial charge >= 0.3 is 0 Å². The number of rotatable bonds is 2. The minimum atomic E-state index is -0.0752. The maximum atomic E-state index is 13.0. The van der Waals surface area contributed by atoms with Crippen LogP contribution in [-0.2, 0) is 13.0 Å². The molecule has 0 bridgehead atoms. The summed E-state index contributed by atoms with van der Waals surface area (Å²) in [7, 11) is 0. The summed E-state index contributed by atoms with van der Waals surface area (Å²) in [4.78, 5) is 31.8. The van der Waals surface area contributed by atoms with Crippen LogP contribution in [0.25, 0.3) is 10.2 Å². The van der Waals surface area contributed by atoms with Crippen molar-refractivity contribution in [3.05, 3.63) is 26.6 Å². The SMILES string of the molecule is Cc1c(C(=O)N[C@H]2CCCNC2)sc2nc3n(c(=O)c12)CCCCC3. The fourth-order valence-corrected chi connectivity index (χ4v) is 4.95. The van der Waals surface area contributed by atoms with E-state index in [1.54, 1.807) is 0 Å². The number of thiophene rings is 1. The largest absolute Gasteiger partial charge is 0.347 e. The van der Waals surface area contributed by atoms with Crippen molar-refractivity contribution in [2.75, 3.05) is 13.1 Å². The molecule has 0 unspecified atom stereocenters. The van der Waals surface area contributed by atoms with Crippen molar-refractivity contribution in [1.82, 2.24) is 20.2 Å². The van der Waals surface area contributed by atoms with Gasteiger partial charge in [0.15, 0.2) is 0 Å². The van der Waals surface area contributed by atoms with Gasteiger partial charge in [-0.3, -0.25) is 14.2 Å². The van der Waals surface area contributed by atoms with Gasteiger partial charge < -0.3 is 10.6 Å². The van der Waals surface area contributed by atoms with Crippen molar-refractivity contribution in [2.24, 2.45) is 0 Å². The van der Waals surface area contributed by atoms with Crippen molar-refractivity contribution in [3.63, 3.8) is 0 Å². The highest BCUT2D eigenvalue weighted by Crippen LogP contribution is 2.28. The molecule has 0 aromatic carbocycles. The Kier molecular flexibility index (Phi) is 4.60. The topological polar surface area (TPSA) is 76.0 Å². The van der Waals surface area contributed by atoms with E-state index in [-0.39, 0.29) is 17.5 Å². The Morgan fingerprint density at radius 2 is 2.20 bits per heavy atom. The van der Waals surface area contributed by atoms with Crippen LogP contribution in [0.2, 0.25) is 0 Å². The third-order valence-electron chi connectivity index (χ3n) is 5.25. The van der Waals surface area contributed by atoms with Gasteiger partial charge in [0.25, 0.3) is 11.5 Å². The van der Waals surface area contributed by atoms with E-state index in [1.165, 1.54) is 11.3 Å². The number of aromatic nitrogens is 2. The number of amides is 1. The second-order valence-electron chi connectivity index (χ2n) is 7.05. The van der Waals surface area contributed by atoms with Gasteiger partial charge in [0, 0.05) is 25.6 Å². The van der Waals surface area contributed by atoms with Gasteiger partial charge in [-0.2, -0.15) is 0 Å². The molecule has 0 radical (unpaired) electrons. The highest BCUT2D eigenvalue weighted by Gasteiger charge is 2.24. The Bertz CT molecular complexity index is 864. The summed E-state index contributed by atoms with van der Waals surface area (Å²) in [6.45, 7) is 4.44. The van der Waals surface area contributed by atoms with E-state index in [4.69, 9.17) is 4.98 Å². The van der Waals surface area contributed by atoms with Crippen LogP contribution in [0.15, 0.2) is 4.79 Å². The fraction of sp³-hybridized carbons (Fsp3) is 0.611. The van der Waals surface area contributed by atoms with Crippen molar-refractivity contribution >= 4 is 27.5 Å². The summed E-state index contributed by atoms with van der Waals surface area (Å²) in [5, 5.41) is 7.04. The molecule has 134 valence electrons. The number of aryl methyl sites for hydroxylation is 2. The van der Waals surface area contributed by atoms with Crippen molar-refractivity contribution in [2.45, 2.75) is 58.0 Å². The number of carbonyl (C=O) groups excluding carboxylic acids is 1. The van der Waals surface area contributed by atoms with Gasteiger partial charge in [0.05, 0.1) is 10.3 Å². The van der Waals surface area contributed by atoms with E-state index < -0.39 is 0 Å². The lowest BCUT2D eigenvalue weighted by molar-refractivity contribution is 0.0934. The summed E-state index contributed by atoms with van der Waals surface area (Å²) >= 11 is 1.36. The molecule has 2 aliphatic heterocycles. The Labute approximate surface area is 150 Å². The third kappa shape index (κ3) is 3.11. The maximum absolute atomic E-state index is 13.0. The molecule has 4 rings (SSSR count). The zero-order chi connectivity index (χ0) is 17.4. The van der Waals surface area contributed by atoms with Crippen LogP contribution < -0.4 is 16.2 Å². The number of hydrogen-bond acceptors (Lipinski definition) is 5.